The van der Waals surface area contributed by atoms with Crippen molar-refractivity contribution in [2.75, 3.05) is 46.0 Å². The molecule has 0 bridgehead atoms. The van der Waals surface area contributed by atoms with E-state index in [9.17, 15) is 9.59 Å². The molecule has 0 radical (unpaired) electrons. The third-order valence-corrected chi connectivity index (χ3v) is 8.02. The lowest BCUT2D eigenvalue weighted by atomic mass is 9.90. The quantitative estimate of drug-likeness (QED) is 0.425. The van der Waals surface area contributed by atoms with Gasteiger partial charge in [0.2, 0.25) is 0 Å². The highest BCUT2D eigenvalue weighted by Crippen LogP contribution is 2.30. The summed E-state index contributed by atoms with van der Waals surface area (Å²) in [6.45, 7) is 6.42. The van der Waals surface area contributed by atoms with Crippen LogP contribution in [-0.2, 0) is 20.7 Å². The van der Waals surface area contributed by atoms with Crippen molar-refractivity contribution in [2.45, 2.75) is 58.0 Å². The number of unbranched alkanes of at least 4 members (excludes halogenated alkanes) is 1. The van der Waals surface area contributed by atoms with Crippen LogP contribution in [0.3, 0.4) is 0 Å². The lowest BCUT2D eigenvalue weighted by Gasteiger charge is -2.44. The molecule has 2 amide bonds. The molecule has 1 aromatic heterocycles. The number of nitrogens with zero attached hydrogens (tertiary/aromatic N) is 3. The molecule has 1 saturated heterocycles. The van der Waals surface area contributed by atoms with E-state index in [2.05, 4.69) is 18.0 Å². The summed E-state index contributed by atoms with van der Waals surface area (Å²) in [7, 11) is 0. The highest BCUT2D eigenvalue weighted by Gasteiger charge is 2.46. The van der Waals surface area contributed by atoms with Gasteiger partial charge < -0.3 is 24.0 Å². The van der Waals surface area contributed by atoms with Gasteiger partial charge in [0.1, 0.15) is 18.1 Å². The zero-order chi connectivity index (χ0) is 28.7. The van der Waals surface area contributed by atoms with Gasteiger partial charge in [-0.25, -0.2) is 0 Å². The van der Waals surface area contributed by atoms with Crippen molar-refractivity contribution in [2.24, 2.45) is 0 Å². The van der Waals surface area contributed by atoms with Crippen molar-refractivity contribution in [3.8, 4) is 11.5 Å². The van der Waals surface area contributed by atoms with Crippen molar-refractivity contribution in [1.29, 1.82) is 0 Å². The van der Waals surface area contributed by atoms with Gasteiger partial charge in [-0.2, -0.15) is 0 Å². The molecule has 1 atom stereocenters. The second-order valence-electron chi connectivity index (χ2n) is 11.0. The summed E-state index contributed by atoms with van der Waals surface area (Å²) in [5.74, 6) is 1.34. The Bertz CT molecular complexity index is 1360. The minimum absolute atomic E-state index is 0.0439. The molecule has 2 aliphatic heterocycles. The van der Waals surface area contributed by atoms with Crippen molar-refractivity contribution in [3.63, 3.8) is 0 Å². The van der Waals surface area contributed by atoms with E-state index in [0.29, 0.717) is 45.0 Å². The molecular formula is C33H41N3O5. The molecule has 8 heteroatoms. The van der Waals surface area contributed by atoms with E-state index in [-0.39, 0.29) is 25.0 Å². The van der Waals surface area contributed by atoms with Gasteiger partial charge in [0.25, 0.3) is 11.8 Å². The van der Waals surface area contributed by atoms with Crippen molar-refractivity contribution in [3.05, 3.63) is 65.9 Å². The number of morpholine rings is 1. The molecule has 0 N–H and O–H groups in total. The zero-order valence-electron chi connectivity index (χ0n) is 24.3. The maximum Gasteiger partial charge on any atom is 0.260 e. The molecule has 1 fully saturated rings. The number of fused-ring (bicyclic) bond motifs is 2. The third kappa shape index (κ3) is 6.81. The summed E-state index contributed by atoms with van der Waals surface area (Å²) >= 11 is 0. The molecule has 218 valence electrons. The maximum atomic E-state index is 14.2. The van der Waals surface area contributed by atoms with E-state index in [0.717, 1.165) is 54.5 Å². The fourth-order valence-corrected chi connectivity index (χ4v) is 5.80. The molecule has 1 unspecified atom stereocenters. The third-order valence-electron chi connectivity index (χ3n) is 8.02. The predicted molar refractivity (Wildman–Crippen MR) is 158 cm³/mol. The average Bonchev–Trinajstić information content (AvgIpc) is 2.99. The van der Waals surface area contributed by atoms with Crippen LogP contribution in [0, 0.1) is 6.92 Å². The Morgan fingerprint density at radius 1 is 1.07 bits per heavy atom. The number of rotatable bonds is 6. The highest BCUT2D eigenvalue weighted by molar-refractivity contribution is 5.88. The normalized spacial score (nSPS) is 20.2. The van der Waals surface area contributed by atoms with Gasteiger partial charge in [-0.3, -0.25) is 14.6 Å². The highest BCUT2D eigenvalue weighted by atomic mass is 16.5. The first-order chi connectivity index (χ1) is 20.0. The summed E-state index contributed by atoms with van der Waals surface area (Å²) in [6.07, 6.45) is 5.02. The number of aryl methyl sites for hydroxylation is 2. The smallest absolute Gasteiger partial charge is 0.260 e. The van der Waals surface area contributed by atoms with E-state index >= 15 is 0 Å². The second-order valence-corrected chi connectivity index (χ2v) is 11.0. The number of hydrogen-bond acceptors (Lipinski definition) is 6. The Labute approximate surface area is 242 Å². The summed E-state index contributed by atoms with van der Waals surface area (Å²) in [5, 5.41) is 0.870. The largest absolute Gasteiger partial charge is 0.491 e. The summed E-state index contributed by atoms with van der Waals surface area (Å²) in [4.78, 5) is 35.9. The maximum absolute atomic E-state index is 14.2. The molecule has 3 aromatic rings. The number of benzene rings is 2. The van der Waals surface area contributed by atoms with E-state index < -0.39 is 5.60 Å². The molecule has 0 saturated carbocycles. The molecule has 3 heterocycles. The number of carbonyl (C=O) groups excluding carboxylic acids is 2. The number of aromatic nitrogens is 1. The molecule has 8 nitrogen and oxygen atoms in total. The molecule has 0 aliphatic carbocycles. The monoisotopic (exact) mass is 559 g/mol. The van der Waals surface area contributed by atoms with E-state index in [1.165, 1.54) is 5.56 Å². The minimum atomic E-state index is -1.07. The van der Waals surface area contributed by atoms with E-state index in [1.807, 2.05) is 60.4 Å². The van der Waals surface area contributed by atoms with Crippen LogP contribution in [0.4, 0.5) is 0 Å². The van der Waals surface area contributed by atoms with Crippen LogP contribution in [0.25, 0.3) is 10.9 Å². The lowest BCUT2D eigenvalue weighted by Crippen LogP contribution is -2.62. The molecule has 2 aliphatic rings. The van der Waals surface area contributed by atoms with Crippen LogP contribution in [0.5, 0.6) is 11.5 Å². The SMILES string of the molecule is CCCCN1CCOc2ccccc2CCCCC2(CN(C(=O)COc3cc(C)nc4ccccc34)CCO2)C1=O. The van der Waals surface area contributed by atoms with Crippen LogP contribution in [0.2, 0.25) is 0 Å². The topological polar surface area (TPSA) is 81.2 Å². The standard InChI is InChI=1S/C33H41N3O5/c1-3-4-17-35-18-20-39-29-15-8-5-11-26(29)12-9-10-16-33(32(35)38)24-36(19-21-41-33)31(37)23-40-30-22-25(2)34-28-14-7-6-13-27(28)30/h5-8,11,13-15,22H,3-4,9-10,12,16-21,23-24H2,1-2H3. The molecule has 2 aromatic carbocycles. The number of para-hydroxylation sites is 2. The number of ether oxygens (including phenoxy) is 3. The zero-order valence-corrected chi connectivity index (χ0v) is 24.3. The van der Waals surface area contributed by atoms with Crippen LogP contribution in [-0.4, -0.2) is 78.2 Å². The lowest BCUT2D eigenvalue weighted by molar-refractivity contribution is -0.177. The molecule has 41 heavy (non-hydrogen) atoms. The van der Waals surface area contributed by atoms with Crippen LogP contribution >= 0.6 is 0 Å². The molecule has 5 rings (SSSR count). The van der Waals surface area contributed by atoms with Crippen LogP contribution in [0.15, 0.2) is 54.6 Å². The Balaban J connectivity index is 1.33. The first-order valence-electron chi connectivity index (χ1n) is 14.9. The number of carbonyl (C=O) groups is 2. The second kappa shape index (κ2) is 13.3. The van der Waals surface area contributed by atoms with Gasteiger partial charge >= 0.3 is 0 Å². The Kier molecular flexibility index (Phi) is 9.39. The first kappa shape index (κ1) is 28.9. The van der Waals surface area contributed by atoms with Crippen LogP contribution in [0.1, 0.15) is 50.3 Å². The Morgan fingerprint density at radius 2 is 1.90 bits per heavy atom. The van der Waals surface area contributed by atoms with Gasteiger partial charge in [0.05, 0.1) is 25.2 Å². The van der Waals surface area contributed by atoms with Gasteiger partial charge in [-0.15, -0.1) is 0 Å². The van der Waals surface area contributed by atoms with Crippen molar-refractivity contribution < 1.29 is 23.8 Å². The summed E-state index contributed by atoms with van der Waals surface area (Å²) in [6, 6.07) is 17.8. The van der Waals surface area contributed by atoms with Gasteiger partial charge in [-0.1, -0.05) is 43.7 Å². The summed E-state index contributed by atoms with van der Waals surface area (Å²) in [5.41, 5.74) is 1.78. The number of hydrogen-bond donors (Lipinski definition) is 0. The van der Waals surface area contributed by atoms with E-state index in [1.54, 1.807) is 4.90 Å². The van der Waals surface area contributed by atoms with Crippen LogP contribution < -0.4 is 9.47 Å². The Hall–Kier alpha value is -3.65. The Morgan fingerprint density at radius 3 is 2.78 bits per heavy atom. The minimum Gasteiger partial charge on any atom is -0.491 e. The number of amides is 2. The van der Waals surface area contributed by atoms with Crippen molar-refractivity contribution >= 4 is 22.7 Å². The average molecular weight is 560 g/mol. The van der Waals surface area contributed by atoms with Crippen molar-refractivity contribution in [1.82, 2.24) is 14.8 Å². The molecule has 1 spiro atoms. The van der Waals surface area contributed by atoms with Gasteiger partial charge in [-0.05, 0) is 62.8 Å². The van der Waals surface area contributed by atoms with E-state index in [4.69, 9.17) is 14.2 Å². The number of pyridine rings is 1. The fourth-order valence-electron chi connectivity index (χ4n) is 5.80. The van der Waals surface area contributed by atoms with Gasteiger partial charge in [0.15, 0.2) is 12.2 Å². The summed E-state index contributed by atoms with van der Waals surface area (Å²) < 4.78 is 18.5. The van der Waals surface area contributed by atoms with Gasteiger partial charge in [0, 0.05) is 30.2 Å². The predicted octanol–water partition coefficient (Wildman–Crippen LogP) is 4.95. The molecular weight excluding hydrogens is 518 g/mol. The fraction of sp³-hybridized carbons (Fsp3) is 0.485. The first-order valence-corrected chi connectivity index (χ1v) is 14.9.